The lowest BCUT2D eigenvalue weighted by molar-refractivity contribution is 0.423. The summed E-state index contributed by atoms with van der Waals surface area (Å²) < 4.78 is 12.9. The Labute approximate surface area is 75.2 Å². The molecule has 1 aromatic rings. The average molecular weight is 177 g/mol. The fraction of sp³-hybridized carbons (Fsp3) is 0.300. The Morgan fingerprint density at radius 1 is 1.46 bits per heavy atom. The van der Waals surface area contributed by atoms with Crippen LogP contribution in [0.25, 0.3) is 0 Å². The quantitative estimate of drug-likeness (QED) is 0.713. The van der Waals surface area contributed by atoms with Crippen molar-refractivity contribution in [3.05, 3.63) is 29.6 Å². The third kappa shape index (κ3) is 1.06. The van der Waals surface area contributed by atoms with Crippen LogP contribution in [0.3, 0.4) is 0 Å². The van der Waals surface area contributed by atoms with Crippen molar-refractivity contribution in [3.63, 3.8) is 0 Å². The van der Waals surface area contributed by atoms with Crippen LogP contribution in [0.2, 0.25) is 0 Å². The van der Waals surface area contributed by atoms with Crippen molar-refractivity contribution in [3.8, 4) is 11.8 Å². The molecule has 0 spiro atoms. The molecule has 0 amide bonds. The monoisotopic (exact) mass is 177 g/mol. The molecule has 0 bridgehead atoms. The van der Waals surface area contributed by atoms with Gasteiger partial charge in [-0.3, -0.25) is 0 Å². The minimum Gasteiger partial charge on any atom is -0.505 e. The summed E-state index contributed by atoms with van der Waals surface area (Å²) in [5, 5.41) is 18.2. The maximum atomic E-state index is 12.9. The molecule has 1 aromatic carbocycles. The Morgan fingerprint density at radius 2 is 2.15 bits per heavy atom. The molecule has 1 aliphatic rings. The Bertz CT molecular complexity index is 390. The van der Waals surface area contributed by atoms with Crippen LogP contribution in [-0.4, -0.2) is 5.11 Å². The number of nitriles is 1. The molecular weight excluding hydrogens is 169 g/mol. The smallest absolute Gasteiger partial charge is 0.165 e. The molecule has 0 saturated heterocycles. The van der Waals surface area contributed by atoms with E-state index < -0.39 is 11.2 Å². The van der Waals surface area contributed by atoms with Gasteiger partial charge in [0, 0.05) is 5.56 Å². The zero-order valence-corrected chi connectivity index (χ0v) is 6.92. The van der Waals surface area contributed by atoms with E-state index in [9.17, 15) is 9.50 Å². The van der Waals surface area contributed by atoms with Crippen LogP contribution in [0.1, 0.15) is 18.4 Å². The van der Waals surface area contributed by atoms with Crippen molar-refractivity contribution in [2.75, 3.05) is 0 Å². The average Bonchev–Trinajstić information content (AvgIpc) is 2.90. The van der Waals surface area contributed by atoms with Crippen LogP contribution < -0.4 is 0 Å². The molecule has 2 nitrogen and oxygen atoms in total. The van der Waals surface area contributed by atoms with E-state index in [1.54, 1.807) is 6.07 Å². The van der Waals surface area contributed by atoms with Crippen LogP contribution >= 0.6 is 0 Å². The summed E-state index contributed by atoms with van der Waals surface area (Å²) in [6.45, 7) is 0. The summed E-state index contributed by atoms with van der Waals surface area (Å²) in [5.41, 5.74) is -0.193. The van der Waals surface area contributed by atoms with E-state index in [2.05, 4.69) is 6.07 Å². The Hall–Kier alpha value is -1.56. The number of benzene rings is 1. The van der Waals surface area contributed by atoms with E-state index >= 15 is 0 Å². The van der Waals surface area contributed by atoms with Gasteiger partial charge in [0.1, 0.15) is 0 Å². The highest BCUT2D eigenvalue weighted by atomic mass is 19.1. The Kier molecular flexibility index (Phi) is 1.53. The molecule has 1 aliphatic carbocycles. The lowest BCUT2D eigenvalue weighted by atomic mass is 9.97. The first-order valence-electron chi connectivity index (χ1n) is 4.09. The van der Waals surface area contributed by atoms with Gasteiger partial charge in [-0.15, -0.1) is 0 Å². The van der Waals surface area contributed by atoms with Crippen molar-refractivity contribution in [1.82, 2.24) is 0 Å². The van der Waals surface area contributed by atoms with Crippen molar-refractivity contribution >= 4 is 0 Å². The molecule has 0 aliphatic heterocycles. The van der Waals surface area contributed by atoms with Crippen LogP contribution in [0, 0.1) is 17.1 Å². The number of hydrogen-bond donors (Lipinski definition) is 1. The number of phenolic OH excluding ortho intramolecular Hbond substituents is 1. The van der Waals surface area contributed by atoms with Crippen LogP contribution in [0.4, 0.5) is 4.39 Å². The van der Waals surface area contributed by atoms with Gasteiger partial charge >= 0.3 is 0 Å². The molecule has 2 rings (SSSR count). The van der Waals surface area contributed by atoms with Crippen molar-refractivity contribution in [1.29, 1.82) is 5.26 Å². The minimum atomic E-state index is -0.654. The number of rotatable bonds is 1. The molecule has 0 unspecified atom stereocenters. The molecule has 3 heteroatoms. The summed E-state index contributed by atoms with van der Waals surface area (Å²) >= 11 is 0. The number of aromatic hydroxyl groups is 1. The van der Waals surface area contributed by atoms with Gasteiger partial charge in [0.25, 0.3) is 0 Å². The van der Waals surface area contributed by atoms with Crippen LogP contribution in [0.5, 0.6) is 5.75 Å². The largest absolute Gasteiger partial charge is 0.505 e. The first kappa shape index (κ1) is 8.06. The molecule has 0 heterocycles. The fourth-order valence-electron chi connectivity index (χ4n) is 1.47. The molecule has 1 N–H and O–H groups in total. The predicted molar refractivity (Wildman–Crippen MR) is 44.6 cm³/mol. The minimum absolute atomic E-state index is 0.374. The fourth-order valence-corrected chi connectivity index (χ4v) is 1.47. The third-order valence-electron chi connectivity index (χ3n) is 2.47. The zero-order valence-electron chi connectivity index (χ0n) is 6.92. The van der Waals surface area contributed by atoms with E-state index in [0.29, 0.717) is 18.4 Å². The Balaban J connectivity index is 2.54. The van der Waals surface area contributed by atoms with E-state index in [1.807, 2.05) is 0 Å². The predicted octanol–water partition coefficient (Wildman–Crippen LogP) is 2.09. The molecule has 1 fully saturated rings. The highest BCUT2D eigenvalue weighted by Crippen LogP contribution is 2.50. The van der Waals surface area contributed by atoms with Crippen LogP contribution in [-0.2, 0) is 5.41 Å². The van der Waals surface area contributed by atoms with E-state index in [1.165, 1.54) is 12.1 Å². The van der Waals surface area contributed by atoms with E-state index in [0.717, 1.165) is 0 Å². The molecule has 1 saturated carbocycles. The highest BCUT2D eigenvalue weighted by molar-refractivity contribution is 5.47. The second kappa shape index (κ2) is 2.46. The number of nitrogens with zero attached hydrogens (tertiary/aromatic N) is 1. The third-order valence-corrected chi connectivity index (χ3v) is 2.47. The van der Waals surface area contributed by atoms with Gasteiger partial charge in [0.2, 0.25) is 0 Å². The summed E-state index contributed by atoms with van der Waals surface area (Å²) in [6.07, 6.45) is 1.42. The van der Waals surface area contributed by atoms with Gasteiger partial charge in [0.05, 0.1) is 11.5 Å². The molecule has 66 valence electrons. The summed E-state index contributed by atoms with van der Waals surface area (Å²) in [5.74, 6) is -1.03. The SMILES string of the molecule is N#CC1(c2cccc(F)c2O)CC1. The number of para-hydroxylation sites is 1. The van der Waals surface area contributed by atoms with E-state index in [4.69, 9.17) is 5.26 Å². The normalized spacial score (nSPS) is 17.8. The number of halogens is 1. The summed E-state index contributed by atoms with van der Waals surface area (Å²) in [4.78, 5) is 0. The molecule has 0 aromatic heterocycles. The second-order valence-corrected chi connectivity index (χ2v) is 3.33. The standard InChI is InChI=1S/C10H8FNO/c11-8-3-1-2-7(9(8)13)10(6-12)4-5-10/h1-3,13H,4-5H2. The van der Waals surface area contributed by atoms with Gasteiger partial charge < -0.3 is 5.11 Å². The van der Waals surface area contributed by atoms with Gasteiger partial charge in [-0.05, 0) is 18.9 Å². The highest BCUT2D eigenvalue weighted by Gasteiger charge is 2.47. The van der Waals surface area contributed by atoms with Gasteiger partial charge in [-0.1, -0.05) is 12.1 Å². The lowest BCUT2D eigenvalue weighted by Gasteiger charge is -2.08. The summed E-state index contributed by atoms with van der Waals surface area (Å²) in [7, 11) is 0. The zero-order chi connectivity index (χ0) is 9.47. The van der Waals surface area contributed by atoms with Crippen molar-refractivity contribution in [2.24, 2.45) is 0 Å². The first-order chi connectivity index (χ1) is 6.19. The Morgan fingerprint density at radius 3 is 2.69 bits per heavy atom. The first-order valence-corrected chi connectivity index (χ1v) is 4.09. The molecule has 0 atom stereocenters. The maximum absolute atomic E-state index is 12.9. The van der Waals surface area contributed by atoms with Crippen LogP contribution in [0.15, 0.2) is 18.2 Å². The van der Waals surface area contributed by atoms with Gasteiger partial charge in [-0.25, -0.2) is 4.39 Å². The number of hydrogen-bond acceptors (Lipinski definition) is 2. The lowest BCUT2D eigenvalue weighted by Crippen LogP contribution is -2.03. The second-order valence-electron chi connectivity index (χ2n) is 3.33. The van der Waals surface area contributed by atoms with Gasteiger partial charge in [-0.2, -0.15) is 5.26 Å². The van der Waals surface area contributed by atoms with E-state index in [-0.39, 0.29) is 5.75 Å². The maximum Gasteiger partial charge on any atom is 0.165 e. The van der Waals surface area contributed by atoms with Crippen molar-refractivity contribution < 1.29 is 9.50 Å². The topological polar surface area (TPSA) is 44.0 Å². The molecule has 0 radical (unpaired) electrons. The van der Waals surface area contributed by atoms with Gasteiger partial charge in [0.15, 0.2) is 11.6 Å². The van der Waals surface area contributed by atoms with Crippen molar-refractivity contribution in [2.45, 2.75) is 18.3 Å². The summed E-state index contributed by atoms with van der Waals surface area (Å²) in [6, 6.07) is 6.42. The number of phenols is 1. The molecular formula is C10H8FNO. The molecule has 13 heavy (non-hydrogen) atoms.